The Labute approximate surface area is 127 Å². The number of nitrogens with zero attached hydrogens (tertiary/aromatic N) is 1. The number of nitrogens with two attached hydrogens (primary N) is 1. The van der Waals surface area contributed by atoms with E-state index in [2.05, 4.69) is 22.3 Å². The Kier molecular flexibility index (Phi) is 5.37. The van der Waals surface area contributed by atoms with Crippen molar-refractivity contribution in [1.29, 1.82) is 0 Å². The van der Waals surface area contributed by atoms with Gasteiger partial charge >= 0.3 is 0 Å². The predicted molar refractivity (Wildman–Crippen MR) is 87.0 cm³/mol. The fourth-order valence-corrected chi connectivity index (χ4v) is 2.63. The molecule has 1 atom stereocenters. The van der Waals surface area contributed by atoms with Crippen molar-refractivity contribution in [2.24, 2.45) is 11.1 Å². The highest BCUT2D eigenvalue weighted by Gasteiger charge is 2.29. The molecule has 4 heteroatoms. The van der Waals surface area contributed by atoms with E-state index in [0.29, 0.717) is 6.54 Å². The van der Waals surface area contributed by atoms with Gasteiger partial charge in [-0.15, -0.1) is 0 Å². The van der Waals surface area contributed by atoms with Gasteiger partial charge in [0.05, 0.1) is 5.41 Å². The molecule has 1 aliphatic heterocycles. The lowest BCUT2D eigenvalue weighted by molar-refractivity contribution is -0.124. The molecule has 3 N–H and O–H groups in total. The molecule has 4 nitrogen and oxygen atoms in total. The second-order valence-electron chi connectivity index (χ2n) is 6.26. The number of rotatable bonds is 6. The lowest BCUT2D eigenvalue weighted by Crippen LogP contribution is -2.39. The summed E-state index contributed by atoms with van der Waals surface area (Å²) in [6, 6.07) is 8.14. The fourth-order valence-electron chi connectivity index (χ4n) is 2.63. The number of benzene rings is 1. The van der Waals surface area contributed by atoms with Crippen molar-refractivity contribution >= 4 is 11.6 Å². The minimum atomic E-state index is -0.495. The molecule has 1 amide bonds. The third-order valence-electron chi connectivity index (χ3n) is 4.57. The fraction of sp³-hybridized carbons (Fsp3) is 0.588. The number of likely N-dealkylation sites (tertiary alicyclic amines) is 1. The summed E-state index contributed by atoms with van der Waals surface area (Å²) in [5.74, 6) is 0.00539. The summed E-state index contributed by atoms with van der Waals surface area (Å²) in [7, 11) is 0. The van der Waals surface area contributed by atoms with Gasteiger partial charge in [-0.2, -0.15) is 0 Å². The molecule has 1 aromatic carbocycles. The average molecular weight is 289 g/mol. The van der Waals surface area contributed by atoms with Gasteiger partial charge in [-0.05, 0) is 57.0 Å². The summed E-state index contributed by atoms with van der Waals surface area (Å²) in [5, 5.41) is 3.01. The molecular weight excluding hydrogens is 262 g/mol. The molecule has 0 aliphatic carbocycles. The van der Waals surface area contributed by atoms with Gasteiger partial charge in [-0.25, -0.2) is 0 Å². The first-order chi connectivity index (χ1) is 10.1. The summed E-state index contributed by atoms with van der Waals surface area (Å²) in [6.45, 7) is 7.59. The molecule has 1 saturated heterocycles. The van der Waals surface area contributed by atoms with Crippen molar-refractivity contribution in [3.05, 3.63) is 29.8 Å². The average Bonchev–Trinajstić information content (AvgIpc) is 2.99. The van der Waals surface area contributed by atoms with E-state index in [1.807, 2.05) is 26.0 Å². The lowest BCUT2D eigenvalue weighted by atomic mass is 9.86. The van der Waals surface area contributed by atoms with Gasteiger partial charge < -0.3 is 11.1 Å². The van der Waals surface area contributed by atoms with E-state index in [4.69, 9.17) is 5.73 Å². The van der Waals surface area contributed by atoms with E-state index < -0.39 is 5.41 Å². The number of carbonyl (C=O) groups is 1. The first-order valence-corrected chi connectivity index (χ1v) is 7.90. The largest absolute Gasteiger partial charge is 0.329 e. The van der Waals surface area contributed by atoms with Crippen LogP contribution < -0.4 is 11.1 Å². The number of hydrogen-bond acceptors (Lipinski definition) is 3. The molecule has 1 aromatic rings. The Bertz CT molecular complexity index is 477. The third kappa shape index (κ3) is 4.05. The zero-order valence-electron chi connectivity index (χ0n) is 13.2. The summed E-state index contributed by atoms with van der Waals surface area (Å²) in [6.07, 6.45) is 3.33. The topological polar surface area (TPSA) is 58.4 Å². The van der Waals surface area contributed by atoms with Crippen LogP contribution in [0.5, 0.6) is 0 Å². The van der Waals surface area contributed by atoms with E-state index in [9.17, 15) is 4.79 Å². The van der Waals surface area contributed by atoms with Crippen molar-refractivity contribution in [2.75, 3.05) is 25.0 Å². The van der Waals surface area contributed by atoms with Gasteiger partial charge in [0.25, 0.3) is 0 Å². The molecule has 21 heavy (non-hydrogen) atoms. The van der Waals surface area contributed by atoms with Crippen molar-refractivity contribution in [3.8, 4) is 0 Å². The van der Waals surface area contributed by atoms with Gasteiger partial charge in [0.1, 0.15) is 0 Å². The molecule has 0 saturated carbocycles. The molecule has 0 bridgehead atoms. The van der Waals surface area contributed by atoms with E-state index in [0.717, 1.165) is 18.7 Å². The Hall–Kier alpha value is -1.39. The standard InChI is InChI=1S/C17H27N3O/c1-3-17(2,13-18)16(21)19-15-8-6-7-14(11-15)12-20-9-4-5-10-20/h6-8,11H,3-5,9-10,12-13,18H2,1-2H3,(H,19,21). The number of nitrogens with one attached hydrogen (secondary N) is 1. The van der Waals surface area contributed by atoms with Crippen LogP contribution in [-0.2, 0) is 11.3 Å². The number of carbonyl (C=O) groups excluding carboxylic acids is 1. The quantitative estimate of drug-likeness (QED) is 0.846. The summed E-state index contributed by atoms with van der Waals surface area (Å²) < 4.78 is 0. The Morgan fingerprint density at radius 3 is 2.71 bits per heavy atom. The smallest absolute Gasteiger partial charge is 0.231 e. The molecule has 0 radical (unpaired) electrons. The second kappa shape index (κ2) is 7.05. The molecular formula is C17H27N3O. The normalized spacial score (nSPS) is 18.4. The maximum absolute atomic E-state index is 12.4. The van der Waals surface area contributed by atoms with Gasteiger partial charge in [-0.3, -0.25) is 9.69 Å². The highest BCUT2D eigenvalue weighted by atomic mass is 16.2. The Balaban J connectivity index is 2.01. The third-order valence-corrected chi connectivity index (χ3v) is 4.57. The minimum absolute atomic E-state index is 0.00539. The Morgan fingerprint density at radius 1 is 1.38 bits per heavy atom. The molecule has 1 aliphatic rings. The summed E-state index contributed by atoms with van der Waals surface area (Å²) >= 11 is 0. The predicted octanol–water partition coefficient (Wildman–Crippen LogP) is 2.60. The SMILES string of the molecule is CCC(C)(CN)C(=O)Nc1cccc(CN2CCCC2)c1. The molecule has 0 spiro atoms. The van der Waals surface area contributed by atoms with Crippen LogP contribution in [0.2, 0.25) is 0 Å². The second-order valence-corrected chi connectivity index (χ2v) is 6.26. The maximum Gasteiger partial charge on any atom is 0.231 e. The zero-order chi connectivity index (χ0) is 15.3. The van der Waals surface area contributed by atoms with Crippen LogP contribution in [0.3, 0.4) is 0 Å². The first kappa shape index (κ1) is 16.0. The van der Waals surface area contributed by atoms with E-state index in [-0.39, 0.29) is 5.91 Å². The number of anilines is 1. The van der Waals surface area contributed by atoms with Crippen LogP contribution in [0.15, 0.2) is 24.3 Å². The van der Waals surface area contributed by atoms with Gasteiger partial charge in [-0.1, -0.05) is 19.1 Å². The van der Waals surface area contributed by atoms with Crippen molar-refractivity contribution in [1.82, 2.24) is 4.90 Å². The van der Waals surface area contributed by atoms with Crippen LogP contribution in [0, 0.1) is 5.41 Å². The van der Waals surface area contributed by atoms with Crippen molar-refractivity contribution < 1.29 is 4.79 Å². The van der Waals surface area contributed by atoms with Crippen LogP contribution in [0.25, 0.3) is 0 Å². The highest BCUT2D eigenvalue weighted by Crippen LogP contribution is 2.23. The number of hydrogen-bond donors (Lipinski definition) is 2. The maximum atomic E-state index is 12.4. The van der Waals surface area contributed by atoms with Crippen LogP contribution >= 0.6 is 0 Å². The highest BCUT2D eigenvalue weighted by molar-refractivity contribution is 5.95. The van der Waals surface area contributed by atoms with Crippen LogP contribution in [0.1, 0.15) is 38.7 Å². The van der Waals surface area contributed by atoms with Gasteiger partial charge in [0.2, 0.25) is 5.91 Å². The molecule has 1 fully saturated rings. The monoisotopic (exact) mass is 289 g/mol. The molecule has 0 aromatic heterocycles. The zero-order valence-corrected chi connectivity index (χ0v) is 13.2. The minimum Gasteiger partial charge on any atom is -0.329 e. The summed E-state index contributed by atoms with van der Waals surface area (Å²) in [4.78, 5) is 14.8. The molecule has 1 unspecified atom stereocenters. The van der Waals surface area contributed by atoms with Crippen LogP contribution in [-0.4, -0.2) is 30.4 Å². The van der Waals surface area contributed by atoms with Crippen molar-refractivity contribution in [2.45, 2.75) is 39.7 Å². The van der Waals surface area contributed by atoms with Crippen molar-refractivity contribution in [3.63, 3.8) is 0 Å². The van der Waals surface area contributed by atoms with Gasteiger partial charge in [0, 0.05) is 18.8 Å². The molecule has 116 valence electrons. The summed E-state index contributed by atoms with van der Waals surface area (Å²) in [5.41, 5.74) is 7.36. The lowest BCUT2D eigenvalue weighted by Gasteiger charge is -2.25. The van der Waals surface area contributed by atoms with Crippen LogP contribution in [0.4, 0.5) is 5.69 Å². The van der Waals surface area contributed by atoms with E-state index >= 15 is 0 Å². The number of amides is 1. The molecule has 1 heterocycles. The molecule has 2 rings (SSSR count). The van der Waals surface area contributed by atoms with E-state index in [1.165, 1.54) is 31.5 Å². The van der Waals surface area contributed by atoms with Gasteiger partial charge in [0.15, 0.2) is 0 Å². The first-order valence-electron chi connectivity index (χ1n) is 7.90. The Morgan fingerprint density at radius 2 is 2.10 bits per heavy atom. The van der Waals surface area contributed by atoms with E-state index in [1.54, 1.807) is 0 Å².